The maximum absolute atomic E-state index is 10.5. The molecule has 0 aromatic carbocycles. The first-order chi connectivity index (χ1) is 6.31. The van der Waals surface area contributed by atoms with Crippen LogP contribution in [0, 0.1) is 6.92 Å². The van der Waals surface area contributed by atoms with E-state index in [1.54, 1.807) is 11.3 Å². The Morgan fingerprint density at radius 3 is 2.92 bits per heavy atom. The van der Waals surface area contributed by atoms with Crippen LogP contribution in [-0.2, 0) is 0 Å². The number of carbonyl (C=O) groups is 1. The highest BCUT2D eigenvalue weighted by Gasteiger charge is 2.09. The molecule has 2 aromatic rings. The average Bonchev–Trinajstić information content (AvgIpc) is 2.72. The summed E-state index contributed by atoms with van der Waals surface area (Å²) in [5.74, 6) is 0. The Morgan fingerprint density at radius 1 is 1.54 bits per heavy atom. The molecule has 2 aromatic heterocycles. The lowest BCUT2D eigenvalue weighted by Gasteiger charge is -1.89. The van der Waals surface area contributed by atoms with E-state index in [9.17, 15) is 4.79 Å². The minimum Gasteiger partial charge on any atom is -0.295 e. The molecular weight excluding hydrogens is 202 g/mol. The largest absolute Gasteiger partial charge is 0.295 e. The molecule has 0 radical (unpaired) electrons. The summed E-state index contributed by atoms with van der Waals surface area (Å²) in [5.41, 5.74) is 0.946. The third-order valence-electron chi connectivity index (χ3n) is 1.67. The van der Waals surface area contributed by atoms with Crippen molar-refractivity contribution in [1.29, 1.82) is 0 Å². The van der Waals surface area contributed by atoms with E-state index in [1.165, 1.54) is 11.3 Å². The smallest absolute Gasteiger partial charge is 0.178 e. The molecule has 2 heterocycles. The molecule has 0 aliphatic heterocycles. The molecule has 13 heavy (non-hydrogen) atoms. The molecule has 2 rings (SSSR count). The third kappa shape index (κ3) is 1.55. The number of hydrogen-bond acceptors (Lipinski definition) is 4. The summed E-state index contributed by atoms with van der Waals surface area (Å²) >= 11 is 3.08. The Morgan fingerprint density at radius 2 is 2.38 bits per heavy atom. The van der Waals surface area contributed by atoms with Gasteiger partial charge < -0.3 is 0 Å². The highest BCUT2D eigenvalue weighted by atomic mass is 32.1. The molecule has 0 bridgehead atoms. The molecular formula is C9H7NOS2. The van der Waals surface area contributed by atoms with Crippen LogP contribution in [0.25, 0.3) is 10.6 Å². The number of rotatable bonds is 2. The predicted octanol–water partition coefficient (Wildman–Crippen LogP) is 2.99. The van der Waals surface area contributed by atoms with Crippen molar-refractivity contribution in [2.24, 2.45) is 0 Å². The maximum Gasteiger partial charge on any atom is 0.178 e. The first-order valence-electron chi connectivity index (χ1n) is 3.78. The summed E-state index contributed by atoms with van der Waals surface area (Å²) in [4.78, 5) is 17.0. The number of aromatic nitrogens is 1. The molecule has 4 heteroatoms. The van der Waals surface area contributed by atoms with Gasteiger partial charge in [0.05, 0.1) is 10.6 Å². The minimum atomic E-state index is 0.556. The second-order valence-electron chi connectivity index (χ2n) is 2.55. The van der Waals surface area contributed by atoms with Crippen LogP contribution in [-0.4, -0.2) is 11.3 Å². The van der Waals surface area contributed by atoms with E-state index in [1.807, 2.05) is 24.4 Å². The Balaban J connectivity index is 2.52. The van der Waals surface area contributed by atoms with Crippen molar-refractivity contribution in [1.82, 2.24) is 4.98 Å². The van der Waals surface area contributed by atoms with E-state index in [-0.39, 0.29) is 0 Å². The minimum absolute atomic E-state index is 0.556. The standard InChI is InChI=1S/C9H7NOS2/c1-6-9(7-3-2-4-12-7)10-8(5-11)13-6/h2-5H,1H3. The van der Waals surface area contributed by atoms with Crippen molar-refractivity contribution in [2.75, 3.05) is 0 Å². The van der Waals surface area contributed by atoms with Gasteiger partial charge >= 0.3 is 0 Å². The van der Waals surface area contributed by atoms with Gasteiger partial charge in [0.2, 0.25) is 0 Å². The summed E-state index contributed by atoms with van der Waals surface area (Å²) in [5, 5.41) is 2.57. The van der Waals surface area contributed by atoms with E-state index in [2.05, 4.69) is 4.98 Å². The lowest BCUT2D eigenvalue weighted by Crippen LogP contribution is -1.77. The third-order valence-corrected chi connectivity index (χ3v) is 3.44. The van der Waals surface area contributed by atoms with Crippen molar-refractivity contribution < 1.29 is 4.79 Å². The molecule has 0 amide bonds. The Labute approximate surface area is 83.9 Å². The first-order valence-corrected chi connectivity index (χ1v) is 5.47. The van der Waals surface area contributed by atoms with Crippen molar-refractivity contribution >= 4 is 29.0 Å². The van der Waals surface area contributed by atoms with Gasteiger partial charge in [0.15, 0.2) is 11.3 Å². The van der Waals surface area contributed by atoms with Gasteiger partial charge in [-0.3, -0.25) is 4.79 Å². The molecule has 0 aliphatic carbocycles. The van der Waals surface area contributed by atoms with Gasteiger partial charge in [0, 0.05) is 4.88 Å². The summed E-state index contributed by atoms with van der Waals surface area (Å²) in [6.07, 6.45) is 0.800. The molecule has 66 valence electrons. The molecule has 0 saturated carbocycles. The number of aldehydes is 1. The second-order valence-corrected chi connectivity index (χ2v) is 4.73. The summed E-state index contributed by atoms with van der Waals surface area (Å²) in [7, 11) is 0. The van der Waals surface area contributed by atoms with E-state index < -0.39 is 0 Å². The summed E-state index contributed by atoms with van der Waals surface area (Å²) in [6, 6.07) is 4.00. The summed E-state index contributed by atoms with van der Waals surface area (Å²) in [6.45, 7) is 1.99. The summed E-state index contributed by atoms with van der Waals surface area (Å²) < 4.78 is 0. The van der Waals surface area contributed by atoms with Crippen LogP contribution >= 0.6 is 22.7 Å². The highest BCUT2D eigenvalue weighted by Crippen LogP contribution is 2.29. The average molecular weight is 209 g/mol. The number of thiazole rings is 1. The maximum atomic E-state index is 10.5. The Hall–Kier alpha value is -1.00. The van der Waals surface area contributed by atoms with Crippen LogP contribution < -0.4 is 0 Å². The van der Waals surface area contributed by atoms with Crippen LogP contribution in [0.15, 0.2) is 17.5 Å². The van der Waals surface area contributed by atoms with Gasteiger partial charge in [-0.15, -0.1) is 22.7 Å². The zero-order valence-electron chi connectivity index (χ0n) is 6.98. The number of nitrogens with zero attached hydrogens (tertiary/aromatic N) is 1. The molecule has 0 spiro atoms. The van der Waals surface area contributed by atoms with Crippen LogP contribution in [0.4, 0.5) is 0 Å². The van der Waals surface area contributed by atoms with Gasteiger partial charge in [0.1, 0.15) is 0 Å². The first kappa shape index (κ1) is 8.59. The topological polar surface area (TPSA) is 30.0 Å². The fourth-order valence-corrected chi connectivity index (χ4v) is 2.70. The Kier molecular flexibility index (Phi) is 2.24. The van der Waals surface area contributed by atoms with E-state index >= 15 is 0 Å². The van der Waals surface area contributed by atoms with Crippen molar-refractivity contribution in [2.45, 2.75) is 6.92 Å². The van der Waals surface area contributed by atoms with E-state index in [0.717, 1.165) is 21.7 Å². The van der Waals surface area contributed by atoms with Gasteiger partial charge in [-0.25, -0.2) is 4.98 Å². The lowest BCUT2D eigenvalue weighted by atomic mass is 10.3. The fourth-order valence-electron chi connectivity index (χ4n) is 1.11. The highest BCUT2D eigenvalue weighted by molar-refractivity contribution is 7.15. The second kappa shape index (κ2) is 3.40. The van der Waals surface area contributed by atoms with Gasteiger partial charge in [0.25, 0.3) is 0 Å². The van der Waals surface area contributed by atoms with Gasteiger partial charge in [-0.2, -0.15) is 0 Å². The van der Waals surface area contributed by atoms with Crippen LogP contribution in [0.1, 0.15) is 14.7 Å². The van der Waals surface area contributed by atoms with Crippen molar-refractivity contribution in [3.63, 3.8) is 0 Å². The quantitative estimate of drug-likeness (QED) is 0.712. The van der Waals surface area contributed by atoms with E-state index in [4.69, 9.17) is 0 Å². The number of aryl methyl sites for hydroxylation is 1. The zero-order valence-corrected chi connectivity index (χ0v) is 8.61. The monoisotopic (exact) mass is 209 g/mol. The van der Waals surface area contributed by atoms with Crippen molar-refractivity contribution in [3.8, 4) is 10.6 Å². The van der Waals surface area contributed by atoms with E-state index in [0.29, 0.717) is 5.01 Å². The molecule has 0 atom stereocenters. The number of carbonyl (C=O) groups excluding carboxylic acids is 1. The molecule has 0 unspecified atom stereocenters. The molecule has 0 aliphatic rings. The van der Waals surface area contributed by atoms with Crippen LogP contribution in [0.5, 0.6) is 0 Å². The SMILES string of the molecule is Cc1sc(C=O)nc1-c1cccs1. The van der Waals surface area contributed by atoms with Gasteiger partial charge in [-0.05, 0) is 18.4 Å². The van der Waals surface area contributed by atoms with Crippen molar-refractivity contribution in [3.05, 3.63) is 27.4 Å². The predicted molar refractivity (Wildman–Crippen MR) is 55.6 cm³/mol. The van der Waals surface area contributed by atoms with Crippen LogP contribution in [0.3, 0.4) is 0 Å². The zero-order chi connectivity index (χ0) is 9.26. The molecule has 0 fully saturated rings. The lowest BCUT2D eigenvalue weighted by molar-refractivity contribution is 0.112. The Bertz CT molecular complexity index is 417. The number of thiophene rings is 1. The molecule has 0 saturated heterocycles. The molecule has 0 N–H and O–H groups in total. The normalized spacial score (nSPS) is 10.2. The van der Waals surface area contributed by atoms with Gasteiger partial charge in [-0.1, -0.05) is 6.07 Å². The number of hydrogen-bond donors (Lipinski definition) is 0. The van der Waals surface area contributed by atoms with Crippen LogP contribution in [0.2, 0.25) is 0 Å². The molecule has 2 nitrogen and oxygen atoms in total. The fraction of sp³-hybridized carbons (Fsp3) is 0.111.